The van der Waals surface area contributed by atoms with Gasteiger partial charge in [0.2, 0.25) is 0 Å². The Labute approximate surface area is 164 Å². The molecule has 0 aliphatic heterocycles. The van der Waals surface area contributed by atoms with E-state index in [1.807, 2.05) is 52.0 Å². The Morgan fingerprint density at radius 3 is 1.19 bits per heavy atom. The van der Waals surface area contributed by atoms with Gasteiger partial charge < -0.3 is 33.2 Å². The minimum atomic E-state index is -0.543. The molecule has 2 atom stereocenters. The third kappa shape index (κ3) is 13.9. The molecule has 0 heterocycles. The minimum absolute atomic E-state index is 0.263. The second-order valence-corrected chi connectivity index (χ2v) is 5.35. The van der Waals surface area contributed by atoms with E-state index in [1.165, 1.54) is 0 Å². The third-order valence-electron chi connectivity index (χ3n) is 3.39. The Bertz CT molecular complexity index is 327. The molecule has 0 radical (unpaired) electrons. The molecule has 0 aromatic heterocycles. The summed E-state index contributed by atoms with van der Waals surface area (Å²) in [6.45, 7) is 10.2. The molecule has 0 amide bonds. The van der Waals surface area contributed by atoms with Crippen LogP contribution in [0.5, 0.6) is 0 Å². The van der Waals surface area contributed by atoms with Crippen LogP contribution >= 0.6 is 0 Å². The van der Waals surface area contributed by atoms with Gasteiger partial charge in [0.1, 0.15) is 0 Å². The van der Waals surface area contributed by atoms with Gasteiger partial charge in [0, 0.05) is 53.5 Å². The SMILES string of the molecule is CCOC(CC=CC(OC)OC(C=CCC(OCC)OCC)OC)OCC. The summed E-state index contributed by atoms with van der Waals surface area (Å²) in [6, 6.07) is 0. The standard InChI is InChI=1S/C20H38O7/c1-7-23-19(24-8-2)15-11-13-17(21-5)27-18(22-6)14-12-16-20(25-9-3)26-10-4/h11-14,17-20H,7-10,15-16H2,1-6H3. The maximum atomic E-state index is 5.77. The van der Waals surface area contributed by atoms with E-state index >= 15 is 0 Å². The first kappa shape index (κ1) is 26.2. The van der Waals surface area contributed by atoms with Gasteiger partial charge in [0.25, 0.3) is 0 Å². The van der Waals surface area contributed by atoms with Crippen LogP contribution in [0.4, 0.5) is 0 Å². The second kappa shape index (κ2) is 18.6. The molecule has 0 spiro atoms. The average Bonchev–Trinajstić information content (AvgIpc) is 2.66. The van der Waals surface area contributed by atoms with Gasteiger partial charge in [-0.05, 0) is 39.8 Å². The van der Waals surface area contributed by atoms with Crippen LogP contribution in [-0.4, -0.2) is 65.8 Å². The van der Waals surface area contributed by atoms with E-state index in [9.17, 15) is 0 Å². The van der Waals surface area contributed by atoms with Crippen LogP contribution in [0.2, 0.25) is 0 Å². The zero-order valence-corrected chi connectivity index (χ0v) is 17.7. The lowest BCUT2D eigenvalue weighted by molar-refractivity contribution is -0.189. The van der Waals surface area contributed by atoms with Gasteiger partial charge >= 0.3 is 0 Å². The molecule has 27 heavy (non-hydrogen) atoms. The Hall–Kier alpha value is -0.800. The highest BCUT2D eigenvalue weighted by Gasteiger charge is 2.12. The number of methoxy groups -OCH3 is 2. The van der Waals surface area contributed by atoms with Crippen molar-refractivity contribution in [3.8, 4) is 0 Å². The largest absolute Gasteiger partial charge is 0.353 e. The summed E-state index contributed by atoms with van der Waals surface area (Å²) in [5, 5.41) is 0. The van der Waals surface area contributed by atoms with Crippen molar-refractivity contribution in [2.45, 2.75) is 65.7 Å². The van der Waals surface area contributed by atoms with E-state index in [4.69, 9.17) is 33.2 Å². The van der Waals surface area contributed by atoms with Crippen molar-refractivity contribution >= 4 is 0 Å². The molecule has 0 fully saturated rings. The summed E-state index contributed by atoms with van der Waals surface area (Å²) in [6.07, 6.45) is 7.08. The summed E-state index contributed by atoms with van der Waals surface area (Å²) in [4.78, 5) is 0. The van der Waals surface area contributed by atoms with E-state index in [2.05, 4.69) is 0 Å². The molecular weight excluding hydrogens is 352 g/mol. The van der Waals surface area contributed by atoms with Crippen molar-refractivity contribution in [1.82, 2.24) is 0 Å². The Kier molecular flexibility index (Phi) is 18.0. The van der Waals surface area contributed by atoms with Crippen LogP contribution in [0.25, 0.3) is 0 Å². The molecule has 2 unspecified atom stereocenters. The Balaban J connectivity index is 4.52. The maximum absolute atomic E-state index is 5.77. The highest BCUT2D eigenvalue weighted by atomic mass is 16.8. The molecule has 0 saturated carbocycles. The normalized spacial score (nSPS) is 14.8. The number of hydrogen-bond donors (Lipinski definition) is 0. The quantitative estimate of drug-likeness (QED) is 0.261. The molecule has 0 rings (SSSR count). The van der Waals surface area contributed by atoms with Crippen molar-refractivity contribution in [1.29, 1.82) is 0 Å². The zero-order valence-electron chi connectivity index (χ0n) is 17.7. The van der Waals surface area contributed by atoms with Crippen molar-refractivity contribution < 1.29 is 33.2 Å². The van der Waals surface area contributed by atoms with Crippen LogP contribution in [0.3, 0.4) is 0 Å². The Morgan fingerprint density at radius 2 is 0.926 bits per heavy atom. The summed E-state index contributed by atoms with van der Waals surface area (Å²) in [5.41, 5.74) is 0. The van der Waals surface area contributed by atoms with Gasteiger partial charge in [-0.1, -0.05) is 12.2 Å². The topological polar surface area (TPSA) is 64.6 Å². The third-order valence-corrected chi connectivity index (χ3v) is 3.39. The average molecular weight is 391 g/mol. The number of rotatable bonds is 18. The molecule has 7 nitrogen and oxygen atoms in total. The fraction of sp³-hybridized carbons (Fsp3) is 0.800. The summed E-state index contributed by atoms with van der Waals surface area (Å²) < 4.78 is 38.4. The molecule has 160 valence electrons. The van der Waals surface area contributed by atoms with Crippen LogP contribution < -0.4 is 0 Å². The fourth-order valence-electron chi connectivity index (χ4n) is 2.20. The van der Waals surface area contributed by atoms with E-state index in [0.717, 1.165) is 0 Å². The highest BCUT2D eigenvalue weighted by Crippen LogP contribution is 2.09. The summed E-state index contributed by atoms with van der Waals surface area (Å²) in [7, 11) is 3.16. The van der Waals surface area contributed by atoms with Crippen molar-refractivity contribution in [2.75, 3.05) is 40.6 Å². The van der Waals surface area contributed by atoms with Gasteiger partial charge in [-0.3, -0.25) is 0 Å². The molecule has 0 saturated heterocycles. The van der Waals surface area contributed by atoms with E-state index in [0.29, 0.717) is 39.3 Å². The monoisotopic (exact) mass is 390 g/mol. The van der Waals surface area contributed by atoms with Crippen molar-refractivity contribution in [3.05, 3.63) is 24.3 Å². The van der Waals surface area contributed by atoms with E-state index in [1.54, 1.807) is 14.2 Å². The van der Waals surface area contributed by atoms with E-state index in [-0.39, 0.29) is 12.6 Å². The lowest BCUT2D eigenvalue weighted by atomic mass is 10.3. The number of hydrogen-bond acceptors (Lipinski definition) is 7. The van der Waals surface area contributed by atoms with E-state index < -0.39 is 12.6 Å². The molecule has 7 heteroatoms. The van der Waals surface area contributed by atoms with Crippen molar-refractivity contribution in [2.24, 2.45) is 0 Å². The summed E-state index contributed by atoms with van der Waals surface area (Å²) >= 11 is 0. The van der Waals surface area contributed by atoms with Crippen LogP contribution in [-0.2, 0) is 33.2 Å². The smallest absolute Gasteiger partial charge is 0.179 e. The molecule has 0 bridgehead atoms. The van der Waals surface area contributed by atoms with Crippen LogP contribution in [0, 0.1) is 0 Å². The second-order valence-electron chi connectivity index (χ2n) is 5.35. The van der Waals surface area contributed by atoms with Gasteiger partial charge in [0.15, 0.2) is 25.2 Å². The van der Waals surface area contributed by atoms with Crippen LogP contribution in [0.15, 0.2) is 24.3 Å². The first-order valence-electron chi connectivity index (χ1n) is 9.65. The molecule has 0 aliphatic carbocycles. The number of ether oxygens (including phenoxy) is 7. The first-order chi connectivity index (χ1) is 13.1. The van der Waals surface area contributed by atoms with Crippen molar-refractivity contribution in [3.63, 3.8) is 0 Å². The zero-order chi connectivity index (χ0) is 20.3. The van der Waals surface area contributed by atoms with Gasteiger partial charge in [-0.25, -0.2) is 0 Å². The van der Waals surface area contributed by atoms with Crippen LogP contribution in [0.1, 0.15) is 40.5 Å². The first-order valence-corrected chi connectivity index (χ1v) is 9.65. The maximum Gasteiger partial charge on any atom is 0.179 e. The van der Waals surface area contributed by atoms with Gasteiger partial charge in [0.05, 0.1) is 0 Å². The predicted molar refractivity (Wildman–Crippen MR) is 104 cm³/mol. The molecule has 0 aromatic carbocycles. The minimum Gasteiger partial charge on any atom is -0.353 e. The summed E-state index contributed by atoms with van der Waals surface area (Å²) in [5.74, 6) is 0. The molecular formula is C20H38O7. The highest BCUT2D eigenvalue weighted by molar-refractivity contribution is 4.90. The lowest BCUT2D eigenvalue weighted by Crippen LogP contribution is -2.23. The predicted octanol–water partition coefficient (Wildman–Crippen LogP) is 3.64. The fourth-order valence-corrected chi connectivity index (χ4v) is 2.20. The van der Waals surface area contributed by atoms with Gasteiger partial charge in [-0.2, -0.15) is 0 Å². The lowest BCUT2D eigenvalue weighted by Gasteiger charge is -2.19. The Morgan fingerprint density at radius 1 is 0.593 bits per heavy atom. The molecule has 0 aliphatic rings. The van der Waals surface area contributed by atoms with Gasteiger partial charge in [-0.15, -0.1) is 0 Å². The molecule has 0 N–H and O–H groups in total. The molecule has 0 aromatic rings.